The molecule has 15 heteroatoms. The van der Waals surface area contributed by atoms with E-state index in [1.165, 1.54) is 11.0 Å². The Kier molecular flexibility index (Phi) is 14.6. The average Bonchev–Trinajstić information content (AvgIpc) is 3.75. The number of likely N-dealkylation sites (tertiary alicyclic amines) is 1. The predicted molar refractivity (Wildman–Crippen MR) is 225 cm³/mol. The Balaban J connectivity index is 1.00. The van der Waals surface area contributed by atoms with Crippen LogP contribution < -0.4 is 24.8 Å². The first kappa shape index (κ1) is 43.1. The highest BCUT2D eigenvalue weighted by Crippen LogP contribution is 2.35. The minimum absolute atomic E-state index is 0.0100. The van der Waals surface area contributed by atoms with E-state index in [1.54, 1.807) is 14.2 Å². The lowest BCUT2D eigenvalue weighted by molar-refractivity contribution is -0.141. The summed E-state index contributed by atoms with van der Waals surface area (Å²) in [6.07, 6.45) is 12.1. The second kappa shape index (κ2) is 20.0. The van der Waals surface area contributed by atoms with Gasteiger partial charge in [0.25, 0.3) is 5.91 Å². The number of sulfonamides is 1. The lowest BCUT2D eigenvalue weighted by atomic mass is 9.96. The molecule has 3 aliphatic rings. The summed E-state index contributed by atoms with van der Waals surface area (Å²) < 4.78 is 43.8. The fraction of sp³-hybridized carbons (Fsp3) is 0.477. The van der Waals surface area contributed by atoms with E-state index >= 15 is 0 Å². The molecule has 1 aromatic heterocycles. The molecule has 1 unspecified atom stereocenters. The van der Waals surface area contributed by atoms with E-state index < -0.39 is 51.3 Å². The molecule has 3 atom stereocenters. The molecule has 2 heterocycles. The van der Waals surface area contributed by atoms with Gasteiger partial charge in [-0.15, -0.1) is 6.58 Å². The first-order chi connectivity index (χ1) is 28.5. The van der Waals surface area contributed by atoms with Crippen molar-refractivity contribution in [2.45, 2.75) is 100 Å². The molecular weight excluding hydrogens is 775 g/mol. The number of benzene rings is 2. The van der Waals surface area contributed by atoms with Crippen molar-refractivity contribution in [3.05, 3.63) is 72.8 Å². The molecular formula is C44H55N5O9S. The Morgan fingerprint density at radius 1 is 0.932 bits per heavy atom. The maximum atomic E-state index is 14.1. The molecule has 0 bridgehead atoms. The van der Waals surface area contributed by atoms with Crippen LogP contribution in [-0.2, 0) is 29.1 Å². The summed E-state index contributed by atoms with van der Waals surface area (Å²) in [6, 6.07) is 12.8. The van der Waals surface area contributed by atoms with Gasteiger partial charge in [0.2, 0.25) is 21.8 Å². The number of methoxy groups -OCH3 is 2. The van der Waals surface area contributed by atoms with Gasteiger partial charge >= 0.3 is 6.09 Å². The molecule has 3 N–H and O–H groups in total. The molecule has 2 saturated carbocycles. The van der Waals surface area contributed by atoms with Gasteiger partial charge in [0.05, 0.1) is 37.3 Å². The quantitative estimate of drug-likeness (QED) is 0.0951. The van der Waals surface area contributed by atoms with Crippen molar-refractivity contribution < 1.29 is 41.8 Å². The van der Waals surface area contributed by atoms with Gasteiger partial charge in [-0.1, -0.05) is 61.4 Å². The molecule has 0 spiro atoms. The standard InChI is InChI=1S/C44H55N5O9S/c1-4-15-34(41(50)48-59(54,55)32-22-23-32)46-42(51)37-21-14-24-49(37)43(52)40(30-18-11-12-19-30)47-44(53)58-25-13-6-5-8-20-31-26-33-36(28-38(31)56-2)45-35(27-39(33)57-3)29-16-9-7-10-17-29/h4,7-10,16-17,20,26-28,30,32,34,37,40H,1,5-6,11-15,18-19,21-25H2,2-3H3,(H,46,51)(H,47,53)(H,48,50)/b20-8+/t34?,37-,40-/m0/s1. The molecule has 2 aliphatic carbocycles. The van der Waals surface area contributed by atoms with Crippen LogP contribution in [0.15, 0.2) is 67.3 Å². The van der Waals surface area contributed by atoms with E-state index in [1.807, 2.05) is 60.7 Å². The first-order valence-electron chi connectivity index (χ1n) is 20.5. The molecule has 6 rings (SSSR count). The highest BCUT2D eigenvalue weighted by molar-refractivity contribution is 7.90. The summed E-state index contributed by atoms with van der Waals surface area (Å²) in [5, 5.41) is 5.73. The Morgan fingerprint density at radius 3 is 2.37 bits per heavy atom. The number of pyridine rings is 1. The number of hydrogen-bond donors (Lipinski definition) is 3. The summed E-state index contributed by atoms with van der Waals surface area (Å²) in [6.45, 7) is 4.11. The van der Waals surface area contributed by atoms with Gasteiger partial charge in [-0.2, -0.15) is 0 Å². The second-order valence-electron chi connectivity index (χ2n) is 15.4. The van der Waals surface area contributed by atoms with Crippen molar-refractivity contribution in [1.82, 2.24) is 25.2 Å². The van der Waals surface area contributed by atoms with E-state index in [9.17, 15) is 27.6 Å². The maximum absolute atomic E-state index is 14.1. The van der Waals surface area contributed by atoms with E-state index in [4.69, 9.17) is 19.2 Å². The van der Waals surface area contributed by atoms with Crippen molar-refractivity contribution >= 4 is 50.8 Å². The van der Waals surface area contributed by atoms with Gasteiger partial charge in [0, 0.05) is 35.2 Å². The van der Waals surface area contributed by atoms with E-state index in [-0.39, 0.29) is 24.9 Å². The lowest BCUT2D eigenvalue weighted by Crippen LogP contribution is -2.57. The third-order valence-corrected chi connectivity index (χ3v) is 13.0. The van der Waals surface area contributed by atoms with Crippen LogP contribution in [-0.4, -0.2) is 92.9 Å². The maximum Gasteiger partial charge on any atom is 0.407 e. The van der Waals surface area contributed by atoms with Crippen molar-refractivity contribution in [3.8, 4) is 22.8 Å². The Morgan fingerprint density at radius 2 is 1.68 bits per heavy atom. The smallest absolute Gasteiger partial charge is 0.407 e. The van der Waals surface area contributed by atoms with Crippen LogP contribution in [0.2, 0.25) is 0 Å². The van der Waals surface area contributed by atoms with Crippen LogP contribution in [0.4, 0.5) is 4.79 Å². The van der Waals surface area contributed by atoms with Gasteiger partial charge in [0.1, 0.15) is 29.6 Å². The van der Waals surface area contributed by atoms with Crippen LogP contribution in [0.3, 0.4) is 0 Å². The summed E-state index contributed by atoms with van der Waals surface area (Å²) in [4.78, 5) is 59.9. The van der Waals surface area contributed by atoms with Gasteiger partial charge in [-0.05, 0) is 76.2 Å². The third-order valence-electron chi connectivity index (χ3n) is 11.2. The van der Waals surface area contributed by atoms with Gasteiger partial charge in [-0.25, -0.2) is 18.2 Å². The summed E-state index contributed by atoms with van der Waals surface area (Å²) >= 11 is 0. The van der Waals surface area contributed by atoms with Crippen LogP contribution in [0.5, 0.6) is 11.5 Å². The van der Waals surface area contributed by atoms with Crippen LogP contribution >= 0.6 is 0 Å². The molecule has 4 amide bonds. The zero-order valence-corrected chi connectivity index (χ0v) is 34.6. The highest BCUT2D eigenvalue weighted by atomic mass is 32.2. The number of aromatic nitrogens is 1. The minimum atomic E-state index is -3.82. The Hall–Kier alpha value is -5.44. The second-order valence-corrected chi connectivity index (χ2v) is 17.3. The number of allylic oxidation sites excluding steroid dienone is 1. The SMILES string of the molecule is C=CCC(NC(=O)[C@@H]1CCCN1C(=O)[C@@H](NC(=O)OCCCC/C=C/c1cc2c(OC)cc(-c3ccccc3)nc2cc1OC)C1CCCC1)C(=O)NS(=O)(=O)C1CC1. The van der Waals surface area contributed by atoms with E-state index in [0.29, 0.717) is 50.1 Å². The van der Waals surface area contributed by atoms with E-state index in [0.717, 1.165) is 66.2 Å². The number of alkyl carbamates (subject to hydrolysis) is 1. The average molecular weight is 830 g/mol. The fourth-order valence-corrected chi connectivity index (χ4v) is 9.22. The van der Waals surface area contributed by atoms with Crippen molar-refractivity contribution in [1.29, 1.82) is 0 Å². The topological polar surface area (TPSA) is 182 Å². The molecule has 0 radical (unpaired) electrons. The number of ether oxygens (including phenoxy) is 3. The minimum Gasteiger partial charge on any atom is -0.496 e. The molecule has 59 heavy (non-hydrogen) atoms. The molecule has 3 aromatic rings. The zero-order valence-electron chi connectivity index (χ0n) is 33.8. The number of nitrogens with one attached hydrogen (secondary N) is 3. The number of carbonyl (C=O) groups excluding carboxylic acids is 4. The molecule has 1 saturated heterocycles. The summed E-state index contributed by atoms with van der Waals surface area (Å²) in [7, 11) is -0.549. The fourth-order valence-electron chi connectivity index (χ4n) is 7.87. The largest absolute Gasteiger partial charge is 0.496 e. The first-order valence-corrected chi connectivity index (χ1v) is 22.1. The molecule has 1 aliphatic heterocycles. The normalized spacial score (nSPS) is 18.0. The number of amides is 4. The predicted octanol–water partition coefficient (Wildman–Crippen LogP) is 6.05. The Labute approximate surface area is 346 Å². The van der Waals surface area contributed by atoms with Gasteiger partial charge in [-0.3, -0.25) is 19.1 Å². The molecule has 2 aromatic carbocycles. The monoisotopic (exact) mass is 829 g/mol. The van der Waals surface area contributed by atoms with Gasteiger partial charge in [0.15, 0.2) is 0 Å². The molecule has 316 valence electrons. The number of nitrogens with zero attached hydrogens (tertiary/aromatic N) is 2. The van der Waals surface area contributed by atoms with Crippen molar-refractivity contribution in [2.75, 3.05) is 27.4 Å². The number of unbranched alkanes of at least 4 members (excludes halogenated alkanes) is 2. The summed E-state index contributed by atoms with van der Waals surface area (Å²) in [5.41, 5.74) is 3.43. The Bertz CT molecular complexity index is 2130. The number of carbonyl (C=O) groups is 4. The highest BCUT2D eigenvalue weighted by Gasteiger charge is 2.43. The molecule has 14 nitrogen and oxygen atoms in total. The van der Waals surface area contributed by atoms with Gasteiger partial charge < -0.3 is 29.7 Å². The molecule has 3 fully saturated rings. The van der Waals surface area contributed by atoms with Crippen molar-refractivity contribution in [2.24, 2.45) is 5.92 Å². The van der Waals surface area contributed by atoms with Crippen molar-refractivity contribution in [3.63, 3.8) is 0 Å². The zero-order chi connectivity index (χ0) is 41.9. The number of fused-ring (bicyclic) bond motifs is 1. The summed E-state index contributed by atoms with van der Waals surface area (Å²) in [5.74, 6) is -0.481. The number of hydrogen-bond acceptors (Lipinski definition) is 10. The van der Waals surface area contributed by atoms with Crippen LogP contribution in [0.25, 0.3) is 28.2 Å². The lowest BCUT2D eigenvalue weighted by Gasteiger charge is -2.32. The van der Waals surface area contributed by atoms with Crippen LogP contribution in [0.1, 0.15) is 82.6 Å². The number of rotatable bonds is 19. The van der Waals surface area contributed by atoms with E-state index in [2.05, 4.69) is 21.9 Å². The third kappa shape index (κ3) is 11.0. The van der Waals surface area contributed by atoms with Crippen LogP contribution in [0, 0.1) is 5.92 Å².